The Bertz CT molecular complexity index is 1010. The molecular formula is C18H16N6O2. The first-order chi connectivity index (χ1) is 12.6. The highest BCUT2D eigenvalue weighted by Gasteiger charge is 2.17. The zero-order valence-corrected chi connectivity index (χ0v) is 14.1. The quantitative estimate of drug-likeness (QED) is 0.755. The van der Waals surface area contributed by atoms with Gasteiger partial charge in [0.25, 0.3) is 5.91 Å². The number of fused-ring (bicyclic) bond motifs is 1. The minimum atomic E-state index is -0.213. The van der Waals surface area contributed by atoms with Crippen LogP contribution in [0.4, 0.5) is 11.4 Å². The zero-order chi connectivity index (χ0) is 18.1. The summed E-state index contributed by atoms with van der Waals surface area (Å²) in [4.78, 5) is 24.0. The maximum absolute atomic E-state index is 12.6. The van der Waals surface area contributed by atoms with Gasteiger partial charge in [0.1, 0.15) is 0 Å². The standard InChI is InChI=1S/C18H16N6O2/c1-11-21-22-23-24(11)15-4-2-3-14(10-15)19-18(26)13-5-7-16-12(9-13)6-8-17(25)20-16/h2-5,7,9-10H,6,8H2,1H3,(H,19,26)(H,20,25). The fourth-order valence-electron chi connectivity index (χ4n) is 2.91. The summed E-state index contributed by atoms with van der Waals surface area (Å²) in [5.41, 5.74) is 3.69. The van der Waals surface area contributed by atoms with Crippen LogP contribution in [0.1, 0.15) is 28.2 Å². The lowest BCUT2D eigenvalue weighted by Gasteiger charge is -2.17. The zero-order valence-electron chi connectivity index (χ0n) is 14.1. The number of nitrogens with one attached hydrogen (secondary N) is 2. The summed E-state index contributed by atoms with van der Waals surface area (Å²) in [7, 11) is 0. The van der Waals surface area contributed by atoms with E-state index < -0.39 is 0 Å². The van der Waals surface area contributed by atoms with Gasteiger partial charge < -0.3 is 10.6 Å². The van der Waals surface area contributed by atoms with E-state index in [2.05, 4.69) is 26.2 Å². The second-order valence-corrected chi connectivity index (χ2v) is 6.06. The first kappa shape index (κ1) is 15.9. The maximum atomic E-state index is 12.6. The molecule has 2 heterocycles. The van der Waals surface area contributed by atoms with E-state index in [9.17, 15) is 9.59 Å². The van der Waals surface area contributed by atoms with Gasteiger partial charge in [0.05, 0.1) is 5.69 Å². The minimum absolute atomic E-state index is 0.00408. The Kier molecular flexibility index (Phi) is 3.92. The Morgan fingerprint density at radius 3 is 2.88 bits per heavy atom. The Morgan fingerprint density at radius 2 is 2.08 bits per heavy atom. The molecule has 0 unspecified atom stereocenters. The van der Waals surface area contributed by atoms with E-state index in [0.29, 0.717) is 29.9 Å². The van der Waals surface area contributed by atoms with Crippen LogP contribution in [0.25, 0.3) is 5.69 Å². The topological polar surface area (TPSA) is 102 Å². The number of tetrazole rings is 1. The number of carbonyl (C=O) groups is 2. The summed E-state index contributed by atoms with van der Waals surface area (Å²) in [5, 5.41) is 17.1. The first-order valence-corrected chi connectivity index (χ1v) is 8.20. The van der Waals surface area contributed by atoms with Gasteiger partial charge in [-0.05, 0) is 65.7 Å². The molecule has 3 aromatic rings. The number of aromatic nitrogens is 4. The van der Waals surface area contributed by atoms with Crippen molar-refractivity contribution < 1.29 is 9.59 Å². The SMILES string of the molecule is Cc1nnnn1-c1cccc(NC(=O)c2ccc3c(c2)CCC(=O)N3)c1. The van der Waals surface area contributed by atoms with Crippen molar-refractivity contribution in [2.45, 2.75) is 19.8 Å². The lowest BCUT2D eigenvalue weighted by Crippen LogP contribution is -2.20. The van der Waals surface area contributed by atoms with Crippen molar-refractivity contribution in [1.82, 2.24) is 20.2 Å². The number of amides is 2. The molecule has 4 rings (SSSR count). The van der Waals surface area contributed by atoms with Crippen molar-refractivity contribution in [3.8, 4) is 5.69 Å². The van der Waals surface area contributed by atoms with E-state index in [4.69, 9.17) is 0 Å². The van der Waals surface area contributed by atoms with Gasteiger partial charge >= 0.3 is 0 Å². The molecule has 0 spiro atoms. The van der Waals surface area contributed by atoms with Gasteiger partial charge in [-0.1, -0.05) is 6.07 Å². The van der Waals surface area contributed by atoms with Crippen LogP contribution in [0.2, 0.25) is 0 Å². The van der Waals surface area contributed by atoms with Crippen LogP contribution in [0.15, 0.2) is 42.5 Å². The molecule has 0 bridgehead atoms. The molecule has 0 saturated carbocycles. The first-order valence-electron chi connectivity index (χ1n) is 8.20. The smallest absolute Gasteiger partial charge is 0.255 e. The van der Waals surface area contributed by atoms with Crippen LogP contribution in [0, 0.1) is 6.92 Å². The minimum Gasteiger partial charge on any atom is -0.326 e. The molecule has 0 atom stereocenters. The third-order valence-electron chi connectivity index (χ3n) is 4.24. The van der Waals surface area contributed by atoms with Crippen molar-refractivity contribution in [1.29, 1.82) is 0 Å². The number of hydrogen-bond acceptors (Lipinski definition) is 5. The number of hydrogen-bond donors (Lipinski definition) is 2. The molecule has 26 heavy (non-hydrogen) atoms. The molecule has 1 aliphatic heterocycles. The van der Waals surface area contributed by atoms with Crippen molar-refractivity contribution in [2.24, 2.45) is 0 Å². The molecule has 1 aromatic heterocycles. The van der Waals surface area contributed by atoms with Crippen LogP contribution < -0.4 is 10.6 Å². The molecule has 2 N–H and O–H groups in total. The monoisotopic (exact) mass is 348 g/mol. The lowest BCUT2D eigenvalue weighted by atomic mass is 10.00. The highest BCUT2D eigenvalue weighted by atomic mass is 16.2. The van der Waals surface area contributed by atoms with Crippen LogP contribution in [-0.4, -0.2) is 32.0 Å². The van der Waals surface area contributed by atoms with Crippen molar-refractivity contribution >= 4 is 23.2 Å². The highest BCUT2D eigenvalue weighted by Crippen LogP contribution is 2.24. The van der Waals surface area contributed by atoms with Crippen molar-refractivity contribution in [3.63, 3.8) is 0 Å². The normalized spacial score (nSPS) is 13.0. The second kappa shape index (κ2) is 6.40. The molecule has 1 aliphatic rings. The third kappa shape index (κ3) is 3.04. The molecule has 130 valence electrons. The molecule has 0 aliphatic carbocycles. The molecule has 8 nitrogen and oxygen atoms in total. The molecule has 2 aromatic carbocycles. The molecule has 0 fully saturated rings. The van der Waals surface area contributed by atoms with E-state index in [1.807, 2.05) is 18.2 Å². The van der Waals surface area contributed by atoms with E-state index in [1.165, 1.54) is 0 Å². The van der Waals surface area contributed by atoms with E-state index in [1.54, 1.807) is 35.9 Å². The van der Waals surface area contributed by atoms with Crippen molar-refractivity contribution in [2.75, 3.05) is 10.6 Å². The molecule has 0 radical (unpaired) electrons. The number of benzene rings is 2. The number of nitrogens with zero attached hydrogens (tertiary/aromatic N) is 4. The average molecular weight is 348 g/mol. The summed E-state index contributed by atoms with van der Waals surface area (Å²) < 4.78 is 1.59. The number of anilines is 2. The fraction of sp³-hybridized carbons (Fsp3) is 0.167. The van der Waals surface area contributed by atoms with Gasteiger partial charge in [-0.3, -0.25) is 9.59 Å². The van der Waals surface area contributed by atoms with Crippen LogP contribution >= 0.6 is 0 Å². The molecule has 2 amide bonds. The molecule has 8 heteroatoms. The molecular weight excluding hydrogens is 332 g/mol. The Labute approximate surface area is 149 Å². The summed E-state index contributed by atoms with van der Waals surface area (Å²) in [6.45, 7) is 1.80. The van der Waals surface area contributed by atoms with Crippen LogP contribution in [0.3, 0.4) is 0 Å². The summed E-state index contributed by atoms with van der Waals surface area (Å²) in [6, 6.07) is 12.6. The van der Waals surface area contributed by atoms with E-state index in [-0.39, 0.29) is 11.8 Å². The summed E-state index contributed by atoms with van der Waals surface area (Å²) in [5.74, 6) is 0.449. The van der Waals surface area contributed by atoms with Gasteiger partial charge in [-0.2, -0.15) is 4.68 Å². The largest absolute Gasteiger partial charge is 0.326 e. The number of carbonyl (C=O) groups excluding carboxylic acids is 2. The maximum Gasteiger partial charge on any atom is 0.255 e. The highest BCUT2D eigenvalue weighted by molar-refractivity contribution is 6.05. The fourth-order valence-corrected chi connectivity index (χ4v) is 2.91. The van der Waals surface area contributed by atoms with Gasteiger partial charge in [0.15, 0.2) is 5.82 Å². The van der Waals surface area contributed by atoms with Crippen molar-refractivity contribution in [3.05, 3.63) is 59.4 Å². The second-order valence-electron chi connectivity index (χ2n) is 6.06. The predicted octanol–water partition coefficient (Wildman–Crippen LogP) is 2.11. The third-order valence-corrected chi connectivity index (χ3v) is 4.24. The number of rotatable bonds is 3. The predicted molar refractivity (Wildman–Crippen MR) is 95.2 cm³/mol. The average Bonchev–Trinajstić information content (AvgIpc) is 3.07. The van der Waals surface area contributed by atoms with E-state index >= 15 is 0 Å². The Hall–Kier alpha value is -3.55. The van der Waals surface area contributed by atoms with Crippen LogP contribution in [-0.2, 0) is 11.2 Å². The lowest BCUT2D eigenvalue weighted by molar-refractivity contribution is -0.116. The Morgan fingerprint density at radius 1 is 1.19 bits per heavy atom. The van der Waals surface area contributed by atoms with E-state index in [0.717, 1.165) is 16.9 Å². The van der Waals surface area contributed by atoms with Gasteiger partial charge in [-0.15, -0.1) is 5.10 Å². The van der Waals surface area contributed by atoms with Gasteiger partial charge in [0, 0.05) is 23.4 Å². The number of aryl methyl sites for hydroxylation is 2. The molecule has 0 saturated heterocycles. The summed E-state index contributed by atoms with van der Waals surface area (Å²) >= 11 is 0. The Balaban J connectivity index is 1.55. The van der Waals surface area contributed by atoms with Gasteiger partial charge in [-0.25, -0.2) is 0 Å². The van der Waals surface area contributed by atoms with Crippen LogP contribution in [0.5, 0.6) is 0 Å². The van der Waals surface area contributed by atoms with Gasteiger partial charge in [0.2, 0.25) is 5.91 Å². The summed E-state index contributed by atoms with van der Waals surface area (Å²) in [6.07, 6.45) is 1.07.